The summed E-state index contributed by atoms with van der Waals surface area (Å²) in [6.07, 6.45) is 1.80. The van der Waals surface area contributed by atoms with Crippen LogP contribution in [0.1, 0.15) is 10.4 Å². The molecule has 0 spiro atoms. The molecule has 72 valence electrons. The minimum Gasteiger partial charge on any atom is -0.478 e. The highest BCUT2D eigenvalue weighted by Crippen LogP contribution is 2.25. The van der Waals surface area contributed by atoms with E-state index in [1.807, 2.05) is 6.07 Å². The standard InChI is InChI=1S/C10H10N2O2/c1-12-5-4-6-8(11)3-2-7(9(6)12)10(13)14/h2-5H,11H2,1H3,(H,13,14). The van der Waals surface area contributed by atoms with Crippen LogP contribution in [-0.2, 0) is 7.05 Å². The molecule has 0 radical (unpaired) electrons. The van der Waals surface area contributed by atoms with Crippen LogP contribution in [0.2, 0.25) is 0 Å². The van der Waals surface area contributed by atoms with Crippen molar-refractivity contribution in [1.29, 1.82) is 0 Å². The third kappa shape index (κ3) is 1.04. The van der Waals surface area contributed by atoms with E-state index in [9.17, 15) is 4.79 Å². The molecule has 0 amide bonds. The number of carbonyl (C=O) groups is 1. The Kier molecular flexibility index (Phi) is 1.70. The van der Waals surface area contributed by atoms with Crippen LogP contribution in [0.25, 0.3) is 10.9 Å². The molecule has 14 heavy (non-hydrogen) atoms. The highest BCUT2D eigenvalue weighted by molar-refractivity contribution is 6.06. The predicted octanol–water partition coefficient (Wildman–Crippen LogP) is 1.46. The van der Waals surface area contributed by atoms with Crippen LogP contribution in [0.5, 0.6) is 0 Å². The molecular weight excluding hydrogens is 180 g/mol. The van der Waals surface area contributed by atoms with Crippen LogP contribution in [0, 0.1) is 0 Å². The molecule has 4 heteroatoms. The zero-order valence-corrected chi connectivity index (χ0v) is 7.69. The van der Waals surface area contributed by atoms with Crippen molar-refractivity contribution >= 4 is 22.6 Å². The number of nitrogens with zero attached hydrogens (tertiary/aromatic N) is 1. The second kappa shape index (κ2) is 2.77. The first-order valence-corrected chi connectivity index (χ1v) is 4.18. The lowest BCUT2D eigenvalue weighted by Crippen LogP contribution is -2.01. The average Bonchev–Trinajstić information content (AvgIpc) is 2.50. The maximum atomic E-state index is 10.9. The Bertz CT molecular complexity index is 514. The number of rotatable bonds is 1. The van der Waals surface area contributed by atoms with Crippen LogP contribution >= 0.6 is 0 Å². The van der Waals surface area contributed by atoms with Gasteiger partial charge in [-0.05, 0) is 18.2 Å². The smallest absolute Gasteiger partial charge is 0.337 e. The fourth-order valence-electron chi connectivity index (χ4n) is 1.61. The van der Waals surface area contributed by atoms with Crippen LogP contribution in [0.3, 0.4) is 0 Å². The van der Waals surface area contributed by atoms with Crippen molar-refractivity contribution in [3.8, 4) is 0 Å². The summed E-state index contributed by atoms with van der Waals surface area (Å²) < 4.78 is 1.76. The lowest BCUT2D eigenvalue weighted by Gasteiger charge is -2.03. The minimum absolute atomic E-state index is 0.279. The number of benzene rings is 1. The summed E-state index contributed by atoms with van der Waals surface area (Å²) in [7, 11) is 1.80. The van der Waals surface area contributed by atoms with Gasteiger partial charge in [-0.1, -0.05) is 0 Å². The summed E-state index contributed by atoms with van der Waals surface area (Å²) in [6.45, 7) is 0. The van der Waals surface area contributed by atoms with Crippen LogP contribution in [0.4, 0.5) is 5.69 Å². The van der Waals surface area contributed by atoms with E-state index in [2.05, 4.69) is 0 Å². The number of aromatic nitrogens is 1. The van der Waals surface area contributed by atoms with Gasteiger partial charge < -0.3 is 15.4 Å². The van der Waals surface area contributed by atoms with Gasteiger partial charge in [-0.2, -0.15) is 0 Å². The molecule has 3 N–H and O–H groups in total. The van der Waals surface area contributed by atoms with E-state index in [1.54, 1.807) is 23.9 Å². The SMILES string of the molecule is Cn1ccc2c(N)ccc(C(=O)O)c21. The number of hydrogen-bond donors (Lipinski definition) is 2. The second-order valence-corrected chi connectivity index (χ2v) is 3.20. The van der Waals surface area contributed by atoms with Gasteiger partial charge in [0.2, 0.25) is 0 Å². The lowest BCUT2D eigenvalue weighted by molar-refractivity contribution is 0.0698. The van der Waals surface area contributed by atoms with Gasteiger partial charge in [0.25, 0.3) is 0 Å². The van der Waals surface area contributed by atoms with Crippen molar-refractivity contribution < 1.29 is 9.90 Å². The number of nitrogen functional groups attached to an aromatic ring is 1. The molecule has 0 fully saturated rings. The van der Waals surface area contributed by atoms with Crippen molar-refractivity contribution in [3.05, 3.63) is 30.0 Å². The van der Waals surface area contributed by atoms with Crippen molar-refractivity contribution in [1.82, 2.24) is 4.57 Å². The molecule has 0 aliphatic rings. The van der Waals surface area contributed by atoms with Gasteiger partial charge in [0.15, 0.2) is 0 Å². The molecule has 1 heterocycles. The number of fused-ring (bicyclic) bond motifs is 1. The van der Waals surface area contributed by atoms with Crippen molar-refractivity contribution in [2.24, 2.45) is 7.05 Å². The Labute approximate surface area is 80.6 Å². The van der Waals surface area contributed by atoms with Gasteiger partial charge in [0.05, 0.1) is 11.1 Å². The molecule has 0 saturated carbocycles. The topological polar surface area (TPSA) is 68.2 Å². The largest absolute Gasteiger partial charge is 0.478 e. The molecule has 0 atom stereocenters. The van der Waals surface area contributed by atoms with Gasteiger partial charge in [-0.15, -0.1) is 0 Å². The minimum atomic E-state index is -0.934. The summed E-state index contributed by atoms with van der Waals surface area (Å²) >= 11 is 0. The molecule has 1 aromatic carbocycles. The zero-order chi connectivity index (χ0) is 10.3. The number of aromatic carboxylic acids is 1. The highest BCUT2D eigenvalue weighted by Gasteiger charge is 2.12. The number of carboxylic acids is 1. The Morgan fingerprint density at radius 3 is 2.79 bits per heavy atom. The van der Waals surface area contributed by atoms with Crippen LogP contribution < -0.4 is 5.73 Å². The quantitative estimate of drug-likeness (QED) is 0.669. The zero-order valence-electron chi connectivity index (χ0n) is 7.69. The number of anilines is 1. The second-order valence-electron chi connectivity index (χ2n) is 3.20. The molecule has 2 aromatic rings. The lowest BCUT2D eigenvalue weighted by atomic mass is 10.1. The Morgan fingerprint density at radius 1 is 1.43 bits per heavy atom. The van der Waals surface area contributed by atoms with Crippen LogP contribution in [0.15, 0.2) is 24.4 Å². The Hall–Kier alpha value is -1.97. The summed E-state index contributed by atoms with van der Waals surface area (Å²) in [6, 6.07) is 4.96. The van der Waals surface area contributed by atoms with Gasteiger partial charge >= 0.3 is 5.97 Å². The average molecular weight is 190 g/mol. The first-order valence-electron chi connectivity index (χ1n) is 4.18. The van der Waals surface area contributed by atoms with E-state index < -0.39 is 5.97 Å². The van der Waals surface area contributed by atoms with E-state index in [0.717, 1.165) is 5.39 Å². The summed E-state index contributed by atoms with van der Waals surface area (Å²) in [5, 5.41) is 9.75. The third-order valence-electron chi connectivity index (χ3n) is 2.30. The molecule has 1 aromatic heterocycles. The van der Waals surface area contributed by atoms with E-state index >= 15 is 0 Å². The fraction of sp³-hybridized carbons (Fsp3) is 0.100. The van der Waals surface area contributed by atoms with Crippen molar-refractivity contribution in [2.75, 3.05) is 5.73 Å². The summed E-state index contributed by atoms with van der Waals surface area (Å²) in [5.74, 6) is -0.934. The van der Waals surface area contributed by atoms with Crippen molar-refractivity contribution in [3.63, 3.8) is 0 Å². The number of hydrogen-bond acceptors (Lipinski definition) is 2. The molecular formula is C10H10N2O2. The van der Waals surface area contributed by atoms with Gasteiger partial charge in [-0.3, -0.25) is 0 Å². The highest BCUT2D eigenvalue weighted by atomic mass is 16.4. The van der Waals surface area contributed by atoms with Gasteiger partial charge in [-0.25, -0.2) is 4.79 Å². The Balaban J connectivity index is 2.92. The normalized spacial score (nSPS) is 10.6. The molecule has 2 rings (SSSR count). The van der Waals surface area contributed by atoms with E-state index in [4.69, 9.17) is 10.8 Å². The first-order chi connectivity index (χ1) is 6.61. The van der Waals surface area contributed by atoms with E-state index in [-0.39, 0.29) is 5.56 Å². The molecule has 0 bridgehead atoms. The molecule has 0 unspecified atom stereocenters. The molecule has 4 nitrogen and oxygen atoms in total. The van der Waals surface area contributed by atoms with E-state index in [0.29, 0.717) is 11.2 Å². The Morgan fingerprint density at radius 2 is 2.14 bits per heavy atom. The summed E-state index contributed by atoms with van der Waals surface area (Å²) in [4.78, 5) is 10.9. The van der Waals surface area contributed by atoms with Crippen molar-refractivity contribution in [2.45, 2.75) is 0 Å². The number of nitrogens with two attached hydrogens (primary N) is 1. The van der Waals surface area contributed by atoms with Gasteiger partial charge in [0.1, 0.15) is 0 Å². The van der Waals surface area contributed by atoms with Crippen LogP contribution in [-0.4, -0.2) is 15.6 Å². The maximum absolute atomic E-state index is 10.9. The predicted molar refractivity (Wildman–Crippen MR) is 54.3 cm³/mol. The maximum Gasteiger partial charge on any atom is 0.337 e. The van der Waals surface area contributed by atoms with E-state index in [1.165, 1.54) is 6.07 Å². The molecule has 0 aliphatic carbocycles. The number of aryl methyl sites for hydroxylation is 1. The summed E-state index contributed by atoms with van der Waals surface area (Å²) in [5.41, 5.74) is 7.28. The fourth-order valence-corrected chi connectivity index (χ4v) is 1.61. The van der Waals surface area contributed by atoms with Gasteiger partial charge in [0, 0.05) is 24.3 Å². The number of carboxylic acid groups (broad SMARTS) is 1. The molecule has 0 aliphatic heterocycles. The molecule has 0 saturated heterocycles. The monoisotopic (exact) mass is 190 g/mol. The third-order valence-corrected chi connectivity index (χ3v) is 2.30. The first kappa shape index (κ1) is 8.62.